The number of benzene rings is 1. The van der Waals surface area contributed by atoms with Crippen LogP contribution in [-0.2, 0) is 17.6 Å². The smallest absolute Gasteiger partial charge is 0.136 e. The van der Waals surface area contributed by atoms with E-state index in [-0.39, 0.29) is 18.1 Å². The van der Waals surface area contributed by atoms with Crippen molar-refractivity contribution in [1.82, 2.24) is 4.98 Å². The van der Waals surface area contributed by atoms with Gasteiger partial charge in [0.2, 0.25) is 0 Å². The maximum absolute atomic E-state index is 12.6. The number of aryl methyl sites for hydroxylation is 2. The third-order valence-corrected chi connectivity index (χ3v) is 6.01. The minimum Gasteiger partial charge on any atom is -0.389 e. The first-order chi connectivity index (χ1) is 12.7. The summed E-state index contributed by atoms with van der Waals surface area (Å²) in [6.07, 6.45) is 1.16. The Bertz CT molecular complexity index is 997. The van der Waals surface area contributed by atoms with Crippen molar-refractivity contribution in [3.8, 4) is 6.07 Å². The number of nitrogens with zero attached hydrogens (tertiary/aromatic N) is 1. The predicted molar refractivity (Wildman–Crippen MR) is 107 cm³/mol. The maximum atomic E-state index is 12.6. The van der Waals surface area contributed by atoms with Gasteiger partial charge in [0.05, 0.1) is 17.1 Å². The van der Waals surface area contributed by atoms with Gasteiger partial charge < -0.3 is 10.1 Å². The zero-order chi connectivity index (χ0) is 19.9. The Hall–Kier alpha value is -2.29. The van der Waals surface area contributed by atoms with Crippen molar-refractivity contribution in [3.63, 3.8) is 0 Å². The molecule has 0 bridgehead atoms. The molecule has 0 aliphatic heterocycles. The Balaban J connectivity index is 2.36. The van der Waals surface area contributed by atoms with Crippen LogP contribution < -0.4 is 0 Å². The minimum atomic E-state index is -1.26. The van der Waals surface area contributed by atoms with Crippen LogP contribution in [0.25, 0.3) is 0 Å². The second-order valence-corrected chi connectivity index (χ2v) is 8.06. The summed E-state index contributed by atoms with van der Waals surface area (Å²) in [5.74, 6) is -0.978. The summed E-state index contributed by atoms with van der Waals surface area (Å²) in [5, 5.41) is 20.9. The third-order valence-electron chi connectivity index (χ3n) is 5.70. The van der Waals surface area contributed by atoms with Crippen molar-refractivity contribution in [2.75, 3.05) is 0 Å². The standard InChI is InChI=1S/C22H24N2O2S/c1-5-14-6-8-15(9-7-14)19-18-12(2)24-21(27)17(11-23)16(18)10-22(4,26)20(19)13(3)25/h6-9,19-20,26H,5,10H2,1-4H3,(H,24,27). The Kier molecular flexibility index (Phi) is 5.07. The van der Waals surface area contributed by atoms with Crippen LogP contribution >= 0.6 is 12.2 Å². The van der Waals surface area contributed by atoms with Gasteiger partial charge in [0, 0.05) is 18.0 Å². The number of carbonyl (C=O) groups excluding carboxylic acids is 1. The first kappa shape index (κ1) is 19.5. The van der Waals surface area contributed by atoms with Gasteiger partial charge in [-0.2, -0.15) is 5.26 Å². The van der Waals surface area contributed by atoms with Gasteiger partial charge in [-0.25, -0.2) is 0 Å². The Labute approximate surface area is 164 Å². The van der Waals surface area contributed by atoms with Crippen LogP contribution in [-0.4, -0.2) is 21.5 Å². The fraction of sp³-hybridized carbons (Fsp3) is 0.409. The first-order valence-corrected chi connectivity index (χ1v) is 9.59. The van der Waals surface area contributed by atoms with Crippen molar-refractivity contribution in [2.24, 2.45) is 5.92 Å². The molecule has 27 heavy (non-hydrogen) atoms. The SMILES string of the molecule is CCc1ccc(C2c3c(C)[nH]c(=S)c(C#N)c3CC(C)(O)C2C(C)=O)cc1. The van der Waals surface area contributed by atoms with Gasteiger partial charge in [-0.05, 0) is 49.4 Å². The minimum absolute atomic E-state index is 0.0597. The molecule has 0 fully saturated rings. The lowest BCUT2D eigenvalue weighted by atomic mass is 9.62. The van der Waals surface area contributed by atoms with Crippen molar-refractivity contribution in [2.45, 2.75) is 52.1 Å². The van der Waals surface area contributed by atoms with Gasteiger partial charge in [-0.3, -0.25) is 4.79 Å². The highest BCUT2D eigenvalue weighted by Crippen LogP contribution is 2.47. The predicted octanol–water partition coefficient (Wildman–Crippen LogP) is 4.13. The Morgan fingerprint density at radius 3 is 2.56 bits per heavy atom. The van der Waals surface area contributed by atoms with Crippen LogP contribution in [0.4, 0.5) is 0 Å². The van der Waals surface area contributed by atoms with Crippen molar-refractivity contribution < 1.29 is 9.90 Å². The molecule has 0 saturated heterocycles. The molecule has 0 amide bonds. The quantitative estimate of drug-likeness (QED) is 0.785. The van der Waals surface area contributed by atoms with E-state index in [2.05, 4.69) is 30.1 Å². The molecule has 3 rings (SSSR count). The Morgan fingerprint density at radius 2 is 2.04 bits per heavy atom. The van der Waals surface area contributed by atoms with Gasteiger partial charge in [-0.1, -0.05) is 43.4 Å². The van der Waals surface area contributed by atoms with Gasteiger partial charge in [0.1, 0.15) is 16.5 Å². The van der Waals surface area contributed by atoms with Gasteiger partial charge >= 0.3 is 0 Å². The number of pyridine rings is 1. The van der Waals surface area contributed by atoms with Gasteiger partial charge in [0.25, 0.3) is 0 Å². The third kappa shape index (κ3) is 3.24. The van der Waals surface area contributed by atoms with E-state index in [1.165, 1.54) is 12.5 Å². The van der Waals surface area contributed by atoms with Gasteiger partial charge in [0.15, 0.2) is 0 Å². The van der Waals surface area contributed by atoms with Crippen LogP contribution in [0.1, 0.15) is 60.2 Å². The molecule has 1 aromatic carbocycles. The zero-order valence-corrected chi connectivity index (χ0v) is 16.9. The Morgan fingerprint density at radius 1 is 1.41 bits per heavy atom. The van der Waals surface area contributed by atoms with Crippen LogP contribution in [0.5, 0.6) is 0 Å². The van der Waals surface area contributed by atoms with Crippen LogP contribution in [0.3, 0.4) is 0 Å². The summed E-state index contributed by atoms with van der Waals surface area (Å²) in [5.41, 5.74) is 3.83. The molecule has 3 unspecified atom stereocenters. The van der Waals surface area contributed by atoms with E-state index in [9.17, 15) is 15.2 Å². The summed E-state index contributed by atoms with van der Waals surface area (Å²) in [4.78, 5) is 15.7. The van der Waals surface area contributed by atoms with Crippen molar-refractivity contribution in [1.29, 1.82) is 5.26 Å². The highest BCUT2D eigenvalue weighted by atomic mass is 32.1. The summed E-state index contributed by atoms with van der Waals surface area (Å²) in [7, 11) is 0. The number of nitriles is 1. The number of nitrogens with one attached hydrogen (secondary N) is 1. The number of Topliss-reactive ketones (excluding diaryl/α,β-unsaturated/α-hetero) is 1. The molecule has 1 aromatic heterocycles. The van der Waals surface area contributed by atoms with E-state index in [1.54, 1.807) is 6.92 Å². The number of aliphatic hydroxyl groups is 1. The fourth-order valence-electron chi connectivity index (χ4n) is 4.51. The number of aromatic nitrogens is 1. The number of rotatable bonds is 3. The van der Waals surface area contributed by atoms with E-state index < -0.39 is 11.5 Å². The topological polar surface area (TPSA) is 76.9 Å². The van der Waals surface area contributed by atoms with Crippen LogP contribution in [0.2, 0.25) is 0 Å². The van der Waals surface area contributed by atoms with E-state index >= 15 is 0 Å². The maximum Gasteiger partial charge on any atom is 0.136 e. The zero-order valence-electron chi connectivity index (χ0n) is 16.1. The molecule has 140 valence electrons. The normalized spacial score (nSPS) is 24.1. The molecule has 1 aliphatic carbocycles. The number of aromatic amines is 1. The van der Waals surface area contributed by atoms with E-state index in [0.29, 0.717) is 10.2 Å². The van der Waals surface area contributed by atoms with Crippen molar-refractivity contribution >= 4 is 18.0 Å². The summed E-state index contributed by atoms with van der Waals surface area (Å²) < 4.78 is 0.380. The largest absolute Gasteiger partial charge is 0.389 e. The molecule has 5 heteroatoms. The molecule has 0 spiro atoms. The molecule has 4 nitrogen and oxygen atoms in total. The summed E-state index contributed by atoms with van der Waals surface area (Å²) in [6.45, 7) is 7.23. The average Bonchev–Trinajstić information content (AvgIpc) is 2.59. The number of H-pyrrole nitrogens is 1. The lowest BCUT2D eigenvalue weighted by Crippen LogP contribution is -2.48. The number of hydrogen-bond acceptors (Lipinski definition) is 4. The molecular formula is C22H24N2O2S. The summed E-state index contributed by atoms with van der Waals surface area (Å²) >= 11 is 5.34. The molecule has 1 aliphatic rings. The molecule has 2 aromatic rings. The number of fused-ring (bicyclic) bond motifs is 1. The lowest BCUT2D eigenvalue weighted by Gasteiger charge is -2.43. The fourth-order valence-corrected chi connectivity index (χ4v) is 4.83. The molecular weight excluding hydrogens is 356 g/mol. The van der Waals surface area contributed by atoms with Crippen LogP contribution in [0.15, 0.2) is 24.3 Å². The molecule has 3 atom stereocenters. The highest BCUT2D eigenvalue weighted by molar-refractivity contribution is 7.71. The second kappa shape index (κ2) is 7.03. The summed E-state index contributed by atoms with van der Waals surface area (Å²) in [6, 6.07) is 10.4. The van der Waals surface area contributed by atoms with E-state index in [4.69, 9.17) is 12.2 Å². The number of ketones is 1. The molecule has 0 saturated carbocycles. The molecule has 2 N–H and O–H groups in total. The van der Waals surface area contributed by atoms with E-state index in [0.717, 1.165) is 28.8 Å². The monoisotopic (exact) mass is 380 g/mol. The van der Waals surface area contributed by atoms with Gasteiger partial charge in [-0.15, -0.1) is 0 Å². The molecule has 0 radical (unpaired) electrons. The second-order valence-electron chi connectivity index (χ2n) is 7.65. The van der Waals surface area contributed by atoms with Crippen LogP contribution in [0, 0.1) is 28.8 Å². The molecule has 1 heterocycles. The van der Waals surface area contributed by atoms with E-state index in [1.807, 2.05) is 19.1 Å². The lowest BCUT2D eigenvalue weighted by molar-refractivity contribution is -0.130. The number of carbonyl (C=O) groups is 1. The highest BCUT2D eigenvalue weighted by Gasteiger charge is 2.48. The number of hydrogen-bond donors (Lipinski definition) is 2. The average molecular weight is 381 g/mol. The first-order valence-electron chi connectivity index (χ1n) is 9.18. The van der Waals surface area contributed by atoms with Crippen molar-refractivity contribution in [3.05, 3.63) is 62.4 Å².